The molecule has 0 heterocycles. The van der Waals surface area contributed by atoms with E-state index in [0.29, 0.717) is 6.04 Å². The molecule has 1 aromatic carbocycles. The third kappa shape index (κ3) is 5.58. The van der Waals surface area contributed by atoms with Gasteiger partial charge in [-0.15, -0.1) is 0 Å². The highest BCUT2D eigenvalue weighted by atomic mass is 16.2. The first-order chi connectivity index (χ1) is 11.1. The van der Waals surface area contributed by atoms with Crippen LogP contribution in [0.15, 0.2) is 35.3 Å². The molecule has 1 N–H and O–H groups in total. The Bertz CT molecular complexity index is 521. The molecular weight excluding hydrogens is 288 g/mol. The highest BCUT2D eigenvalue weighted by molar-refractivity contribution is 5.84. The van der Waals surface area contributed by atoms with Crippen molar-refractivity contribution in [1.82, 2.24) is 15.1 Å². The molecule has 1 amide bonds. The summed E-state index contributed by atoms with van der Waals surface area (Å²) in [4.78, 5) is 20.1. The summed E-state index contributed by atoms with van der Waals surface area (Å²) in [5.74, 6) is 0.833. The van der Waals surface area contributed by atoms with E-state index >= 15 is 0 Å². The van der Waals surface area contributed by atoms with Crippen molar-refractivity contribution >= 4 is 11.9 Å². The van der Waals surface area contributed by atoms with Gasteiger partial charge in [0.1, 0.15) is 6.54 Å². The molecule has 1 fully saturated rings. The second kappa shape index (κ2) is 8.56. The number of amides is 1. The second-order valence-electron chi connectivity index (χ2n) is 6.40. The van der Waals surface area contributed by atoms with Crippen molar-refractivity contribution in [1.29, 1.82) is 0 Å². The van der Waals surface area contributed by atoms with Gasteiger partial charge in [-0.1, -0.05) is 43.2 Å². The van der Waals surface area contributed by atoms with Gasteiger partial charge in [0.25, 0.3) is 0 Å². The Morgan fingerprint density at radius 1 is 1.17 bits per heavy atom. The Labute approximate surface area is 139 Å². The van der Waals surface area contributed by atoms with Crippen LogP contribution in [-0.2, 0) is 11.3 Å². The minimum absolute atomic E-state index is 0.0174. The first-order valence-electron chi connectivity index (χ1n) is 8.32. The number of likely N-dealkylation sites (N-methyl/N-ethyl adjacent to an activating group) is 1. The smallest absolute Gasteiger partial charge is 0.243 e. The largest absolute Gasteiger partial charge is 0.353 e. The normalized spacial score (nSPS) is 15.5. The minimum Gasteiger partial charge on any atom is -0.353 e. The number of benzene rings is 1. The van der Waals surface area contributed by atoms with Gasteiger partial charge in [0.2, 0.25) is 5.91 Å². The van der Waals surface area contributed by atoms with E-state index in [0.717, 1.165) is 12.5 Å². The Balaban J connectivity index is 2.04. The lowest BCUT2D eigenvalue weighted by atomic mass is 10.2. The van der Waals surface area contributed by atoms with Gasteiger partial charge in [-0.05, 0) is 18.4 Å². The number of aliphatic imine (C=N–C) groups is 1. The zero-order valence-corrected chi connectivity index (χ0v) is 14.5. The molecule has 0 unspecified atom stereocenters. The van der Waals surface area contributed by atoms with Crippen molar-refractivity contribution in [3.05, 3.63) is 35.9 Å². The molecule has 1 aliphatic rings. The topological polar surface area (TPSA) is 47.9 Å². The lowest BCUT2D eigenvalue weighted by molar-refractivity contribution is -0.127. The number of nitrogens with one attached hydrogen (secondary N) is 1. The molecule has 126 valence electrons. The summed E-state index contributed by atoms with van der Waals surface area (Å²) in [7, 11) is 5.54. The fourth-order valence-corrected chi connectivity index (χ4v) is 2.75. The van der Waals surface area contributed by atoms with Crippen LogP contribution in [0.2, 0.25) is 0 Å². The molecule has 0 atom stereocenters. The number of carbonyl (C=O) groups is 1. The quantitative estimate of drug-likeness (QED) is 0.668. The predicted molar refractivity (Wildman–Crippen MR) is 94.3 cm³/mol. The van der Waals surface area contributed by atoms with Crippen LogP contribution in [0.3, 0.4) is 0 Å². The summed E-state index contributed by atoms with van der Waals surface area (Å²) < 4.78 is 0. The standard InChI is InChI=1S/C18H28N4O/c1-21(2)17(23)13-19-18(20-16-11-7-8-12-16)22(3)14-15-9-5-4-6-10-15/h4-6,9-10,16H,7-8,11-14H2,1-3H3,(H,19,20). The zero-order valence-electron chi connectivity index (χ0n) is 14.5. The Morgan fingerprint density at radius 2 is 1.83 bits per heavy atom. The lowest BCUT2D eigenvalue weighted by Crippen LogP contribution is -2.43. The molecule has 0 spiro atoms. The number of guanidine groups is 1. The summed E-state index contributed by atoms with van der Waals surface area (Å²) in [5.41, 5.74) is 1.23. The van der Waals surface area contributed by atoms with Crippen molar-refractivity contribution < 1.29 is 4.79 Å². The number of rotatable bonds is 5. The molecule has 5 nitrogen and oxygen atoms in total. The van der Waals surface area contributed by atoms with Gasteiger partial charge in [0.05, 0.1) is 0 Å². The highest BCUT2D eigenvalue weighted by Crippen LogP contribution is 2.18. The summed E-state index contributed by atoms with van der Waals surface area (Å²) >= 11 is 0. The third-order valence-corrected chi connectivity index (χ3v) is 4.18. The first-order valence-corrected chi connectivity index (χ1v) is 8.32. The molecule has 1 aliphatic carbocycles. The van der Waals surface area contributed by atoms with E-state index in [9.17, 15) is 4.79 Å². The predicted octanol–water partition coefficient (Wildman–Crippen LogP) is 2.09. The maximum Gasteiger partial charge on any atom is 0.243 e. The van der Waals surface area contributed by atoms with Crippen LogP contribution in [0.5, 0.6) is 0 Å². The van der Waals surface area contributed by atoms with E-state index in [4.69, 9.17) is 0 Å². The Hall–Kier alpha value is -2.04. The van der Waals surface area contributed by atoms with Crippen LogP contribution < -0.4 is 5.32 Å². The fourth-order valence-electron chi connectivity index (χ4n) is 2.75. The average Bonchev–Trinajstić information content (AvgIpc) is 3.04. The van der Waals surface area contributed by atoms with Crippen molar-refractivity contribution in [3.8, 4) is 0 Å². The van der Waals surface area contributed by atoms with Crippen LogP contribution in [0.25, 0.3) is 0 Å². The van der Waals surface area contributed by atoms with Crippen molar-refractivity contribution in [2.75, 3.05) is 27.7 Å². The van der Waals surface area contributed by atoms with Gasteiger partial charge in [-0.25, -0.2) is 4.99 Å². The SMILES string of the molecule is CN(C)C(=O)CN=C(NC1CCCC1)N(C)Cc1ccccc1. The van der Waals surface area contributed by atoms with Gasteiger partial charge in [0, 0.05) is 33.7 Å². The lowest BCUT2D eigenvalue weighted by Gasteiger charge is -2.25. The van der Waals surface area contributed by atoms with Crippen LogP contribution in [0.4, 0.5) is 0 Å². The van der Waals surface area contributed by atoms with Gasteiger partial charge in [-0.2, -0.15) is 0 Å². The molecule has 0 saturated heterocycles. The maximum absolute atomic E-state index is 11.8. The van der Waals surface area contributed by atoms with Gasteiger partial charge in [-0.3, -0.25) is 4.79 Å². The van der Waals surface area contributed by atoms with Crippen LogP contribution in [0.1, 0.15) is 31.2 Å². The molecule has 0 aromatic heterocycles. The van der Waals surface area contributed by atoms with Gasteiger partial charge >= 0.3 is 0 Å². The van der Waals surface area contributed by atoms with E-state index in [1.165, 1.54) is 31.2 Å². The van der Waals surface area contributed by atoms with Crippen molar-refractivity contribution in [3.63, 3.8) is 0 Å². The van der Waals surface area contributed by atoms with Crippen LogP contribution >= 0.6 is 0 Å². The highest BCUT2D eigenvalue weighted by Gasteiger charge is 2.18. The summed E-state index contributed by atoms with van der Waals surface area (Å²) in [6.45, 7) is 0.955. The zero-order chi connectivity index (χ0) is 16.7. The molecule has 1 aromatic rings. The fraction of sp³-hybridized carbons (Fsp3) is 0.556. The van der Waals surface area contributed by atoms with Crippen molar-refractivity contribution in [2.24, 2.45) is 4.99 Å². The monoisotopic (exact) mass is 316 g/mol. The van der Waals surface area contributed by atoms with E-state index in [2.05, 4.69) is 27.3 Å². The van der Waals surface area contributed by atoms with Gasteiger partial charge < -0.3 is 15.1 Å². The molecule has 2 rings (SSSR count). The van der Waals surface area contributed by atoms with Gasteiger partial charge in [0.15, 0.2) is 5.96 Å². The summed E-state index contributed by atoms with van der Waals surface area (Å²) in [6, 6.07) is 10.8. The molecule has 5 heteroatoms. The molecule has 1 saturated carbocycles. The molecule has 23 heavy (non-hydrogen) atoms. The van der Waals surface area contributed by atoms with E-state index in [1.54, 1.807) is 19.0 Å². The number of hydrogen-bond donors (Lipinski definition) is 1. The Kier molecular flexibility index (Phi) is 6.44. The third-order valence-electron chi connectivity index (χ3n) is 4.18. The van der Waals surface area contributed by atoms with E-state index < -0.39 is 0 Å². The summed E-state index contributed by atoms with van der Waals surface area (Å²) in [5, 5.41) is 3.54. The number of hydrogen-bond acceptors (Lipinski definition) is 2. The number of carbonyl (C=O) groups excluding carboxylic acids is 1. The maximum atomic E-state index is 11.8. The minimum atomic E-state index is 0.0174. The molecule has 0 aliphatic heterocycles. The van der Waals surface area contributed by atoms with E-state index in [1.807, 2.05) is 25.2 Å². The number of nitrogens with zero attached hydrogens (tertiary/aromatic N) is 3. The Morgan fingerprint density at radius 3 is 2.43 bits per heavy atom. The van der Waals surface area contributed by atoms with E-state index in [-0.39, 0.29) is 12.5 Å². The molecule has 0 radical (unpaired) electrons. The average molecular weight is 316 g/mol. The molecular formula is C18H28N4O. The summed E-state index contributed by atoms with van der Waals surface area (Å²) in [6.07, 6.45) is 4.90. The second-order valence-corrected chi connectivity index (χ2v) is 6.40. The van der Waals surface area contributed by atoms with Crippen LogP contribution in [-0.4, -0.2) is 55.4 Å². The molecule has 0 bridgehead atoms. The van der Waals surface area contributed by atoms with Crippen LogP contribution in [0, 0.1) is 0 Å². The van der Waals surface area contributed by atoms with Crippen molar-refractivity contribution in [2.45, 2.75) is 38.3 Å². The first kappa shape index (κ1) is 17.3.